The first kappa shape index (κ1) is 26.1. The van der Waals surface area contributed by atoms with Gasteiger partial charge in [-0.25, -0.2) is 4.79 Å². The van der Waals surface area contributed by atoms with Crippen LogP contribution in [0.1, 0.15) is 33.6 Å². The number of guanidine groups is 1. The zero-order valence-electron chi connectivity index (χ0n) is 17.2. The topological polar surface area (TPSA) is 89.2 Å². The van der Waals surface area contributed by atoms with Gasteiger partial charge in [0.05, 0.1) is 5.69 Å². The van der Waals surface area contributed by atoms with Crippen LogP contribution in [0.3, 0.4) is 0 Å². The smallest absolute Gasteiger partial charge is 0.444 e. The fraction of sp³-hybridized carbons (Fsp3) is 0.579. The van der Waals surface area contributed by atoms with Gasteiger partial charge in [-0.3, -0.25) is 4.99 Å². The average molecular weight is 544 g/mol. The van der Waals surface area contributed by atoms with E-state index in [1.54, 1.807) is 11.0 Å². The third-order valence-corrected chi connectivity index (χ3v) is 4.07. The van der Waals surface area contributed by atoms with E-state index in [0.29, 0.717) is 19.6 Å². The summed E-state index contributed by atoms with van der Waals surface area (Å²) in [7, 11) is 0. The van der Waals surface area contributed by atoms with E-state index in [1.807, 2.05) is 20.8 Å². The van der Waals surface area contributed by atoms with Crippen molar-refractivity contribution in [3.8, 4) is 5.75 Å². The molecular formula is C19H28F3IN4O3. The summed E-state index contributed by atoms with van der Waals surface area (Å²) in [6.07, 6.45) is -3.49. The maximum Gasteiger partial charge on any atom is 0.573 e. The second-order valence-corrected chi connectivity index (χ2v) is 7.83. The van der Waals surface area contributed by atoms with E-state index in [1.165, 1.54) is 18.2 Å². The molecule has 1 atom stereocenters. The Morgan fingerprint density at radius 3 is 2.60 bits per heavy atom. The first-order chi connectivity index (χ1) is 13.4. The van der Waals surface area contributed by atoms with Gasteiger partial charge in [0.1, 0.15) is 5.60 Å². The van der Waals surface area contributed by atoms with Gasteiger partial charge in [0.15, 0.2) is 11.7 Å². The number of halogens is 4. The molecule has 170 valence electrons. The van der Waals surface area contributed by atoms with Crippen LogP contribution in [0.25, 0.3) is 0 Å². The van der Waals surface area contributed by atoms with E-state index in [4.69, 9.17) is 10.5 Å². The van der Waals surface area contributed by atoms with Gasteiger partial charge in [0.25, 0.3) is 0 Å². The van der Waals surface area contributed by atoms with Gasteiger partial charge in [-0.2, -0.15) is 0 Å². The minimum absolute atomic E-state index is 0. The number of piperidine rings is 1. The van der Waals surface area contributed by atoms with Crippen LogP contribution < -0.4 is 15.8 Å². The maximum absolute atomic E-state index is 12.5. The van der Waals surface area contributed by atoms with E-state index in [0.717, 1.165) is 12.8 Å². The lowest BCUT2D eigenvalue weighted by Crippen LogP contribution is -2.43. The Balaban J connectivity index is 0.00000450. The van der Waals surface area contributed by atoms with Gasteiger partial charge in [-0.05, 0) is 51.7 Å². The summed E-state index contributed by atoms with van der Waals surface area (Å²) < 4.78 is 46.9. The highest BCUT2D eigenvalue weighted by Crippen LogP contribution is 2.29. The quantitative estimate of drug-likeness (QED) is 0.329. The molecule has 3 N–H and O–H groups in total. The maximum atomic E-state index is 12.5. The number of carbonyl (C=O) groups is 1. The minimum Gasteiger partial charge on any atom is -0.444 e. The molecule has 1 aromatic rings. The largest absolute Gasteiger partial charge is 0.573 e. The molecule has 1 aliphatic heterocycles. The van der Waals surface area contributed by atoms with Crippen LogP contribution in [0.15, 0.2) is 29.3 Å². The fourth-order valence-electron chi connectivity index (χ4n) is 2.89. The number of nitrogens with zero attached hydrogens (tertiary/aromatic N) is 2. The van der Waals surface area contributed by atoms with Crippen LogP contribution in [0.2, 0.25) is 0 Å². The van der Waals surface area contributed by atoms with Crippen molar-refractivity contribution in [2.75, 3.05) is 25.0 Å². The van der Waals surface area contributed by atoms with E-state index in [2.05, 4.69) is 15.0 Å². The molecule has 2 rings (SSSR count). The molecule has 0 spiro atoms. The molecule has 0 aromatic heterocycles. The van der Waals surface area contributed by atoms with Crippen LogP contribution in [0, 0.1) is 5.92 Å². The second kappa shape index (κ2) is 10.9. The summed E-state index contributed by atoms with van der Waals surface area (Å²) in [5, 5.41) is 2.64. The standard InChI is InChI=1S/C19H27F3N4O3.HI/c1-18(2,3)29-17(27)26-10-6-7-13(12-26)11-24-16(23)25-14-8-4-5-9-15(14)28-19(20,21)22;/h4-5,8-9,13H,6-7,10-12H2,1-3H3,(H3,23,24,25);1H. The van der Waals surface area contributed by atoms with Crippen LogP contribution in [0.5, 0.6) is 5.75 Å². The number of nitrogens with two attached hydrogens (primary N) is 1. The molecule has 1 heterocycles. The third-order valence-electron chi connectivity index (χ3n) is 4.07. The molecule has 1 aliphatic rings. The van der Waals surface area contributed by atoms with Crippen molar-refractivity contribution in [2.24, 2.45) is 16.6 Å². The zero-order chi connectivity index (χ0) is 21.7. The summed E-state index contributed by atoms with van der Waals surface area (Å²) >= 11 is 0. The van der Waals surface area contributed by atoms with Crippen LogP contribution in [0.4, 0.5) is 23.7 Å². The van der Waals surface area contributed by atoms with E-state index in [-0.39, 0.29) is 47.6 Å². The van der Waals surface area contributed by atoms with Crippen LogP contribution in [-0.2, 0) is 4.74 Å². The number of alkyl halides is 3. The van der Waals surface area contributed by atoms with Crippen molar-refractivity contribution >= 4 is 41.7 Å². The Morgan fingerprint density at radius 2 is 1.97 bits per heavy atom. The molecular weight excluding hydrogens is 516 g/mol. The van der Waals surface area contributed by atoms with Gasteiger partial charge in [-0.15, -0.1) is 37.1 Å². The van der Waals surface area contributed by atoms with Crippen LogP contribution >= 0.6 is 24.0 Å². The number of aliphatic imine (C=N–C) groups is 1. The lowest BCUT2D eigenvalue weighted by Gasteiger charge is -2.33. The van der Waals surface area contributed by atoms with Crippen molar-refractivity contribution in [3.05, 3.63) is 24.3 Å². The summed E-state index contributed by atoms with van der Waals surface area (Å²) in [6, 6.07) is 5.57. The number of likely N-dealkylation sites (tertiary alicyclic amines) is 1. The summed E-state index contributed by atoms with van der Waals surface area (Å²) in [4.78, 5) is 18.1. The number of hydrogen-bond donors (Lipinski definition) is 2. The average Bonchev–Trinajstić information content (AvgIpc) is 2.59. The number of amides is 1. The van der Waals surface area contributed by atoms with Gasteiger partial charge in [-0.1, -0.05) is 12.1 Å². The molecule has 7 nitrogen and oxygen atoms in total. The normalized spacial score (nSPS) is 17.7. The third kappa shape index (κ3) is 9.26. The summed E-state index contributed by atoms with van der Waals surface area (Å²) in [6.45, 7) is 6.86. The molecule has 0 saturated carbocycles. The summed E-state index contributed by atoms with van der Waals surface area (Å²) in [5.74, 6) is -0.345. The van der Waals surface area contributed by atoms with Crippen LogP contribution in [-0.4, -0.2) is 48.6 Å². The van der Waals surface area contributed by atoms with Crippen molar-refractivity contribution in [1.82, 2.24) is 4.90 Å². The molecule has 1 unspecified atom stereocenters. The number of para-hydroxylation sites is 2. The Hall–Kier alpha value is -1.92. The lowest BCUT2D eigenvalue weighted by molar-refractivity contribution is -0.274. The molecule has 11 heteroatoms. The highest BCUT2D eigenvalue weighted by molar-refractivity contribution is 14.0. The number of hydrogen-bond acceptors (Lipinski definition) is 4. The first-order valence-electron chi connectivity index (χ1n) is 9.32. The number of anilines is 1. The number of ether oxygens (including phenoxy) is 2. The number of rotatable bonds is 4. The highest BCUT2D eigenvalue weighted by atomic mass is 127. The minimum atomic E-state index is -4.81. The number of nitrogens with one attached hydrogen (secondary N) is 1. The predicted octanol–water partition coefficient (Wildman–Crippen LogP) is 4.58. The number of carbonyl (C=O) groups excluding carboxylic acids is 1. The van der Waals surface area contributed by atoms with Gasteiger partial charge < -0.3 is 25.4 Å². The SMILES string of the molecule is CC(C)(C)OC(=O)N1CCCC(CN=C(N)Nc2ccccc2OC(F)(F)F)C1.I. The Labute approximate surface area is 191 Å². The molecule has 30 heavy (non-hydrogen) atoms. The van der Waals surface area contributed by atoms with Gasteiger partial charge in [0.2, 0.25) is 0 Å². The van der Waals surface area contributed by atoms with E-state index < -0.39 is 17.7 Å². The lowest BCUT2D eigenvalue weighted by atomic mass is 9.98. The molecule has 1 amide bonds. The Morgan fingerprint density at radius 1 is 1.30 bits per heavy atom. The molecule has 1 fully saturated rings. The predicted molar refractivity (Wildman–Crippen MR) is 119 cm³/mol. The van der Waals surface area contributed by atoms with E-state index in [9.17, 15) is 18.0 Å². The molecule has 0 bridgehead atoms. The van der Waals surface area contributed by atoms with Crippen molar-refractivity contribution in [1.29, 1.82) is 0 Å². The highest BCUT2D eigenvalue weighted by Gasteiger charge is 2.32. The van der Waals surface area contributed by atoms with Gasteiger partial charge in [0, 0.05) is 19.6 Å². The van der Waals surface area contributed by atoms with Crippen molar-refractivity contribution in [3.63, 3.8) is 0 Å². The molecule has 0 aliphatic carbocycles. The van der Waals surface area contributed by atoms with E-state index >= 15 is 0 Å². The summed E-state index contributed by atoms with van der Waals surface area (Å²) in [5.41, 5.74) is 5.32. The van der Waals surface area contributed by atoms with Crippen molar-refractivity contribution in [2.45, 2.75) is 45.6 Å². The van der Waals surface area contributed by atoms with Gasteiger partial charge >= 0.3 is 12.5 Å². The Kier molecular flexibility index (Phi) is 9.50. The van der Waals surface area contributed by atoms with Crippen molar-refractivity contribution < 1.29 is 27.4 Å². The Bertz CT molecular complexity index is 738. The molecule has 1 aromatic carbocycles. The zero-order valence-corrected chi connectivity index (χ0v) is 19.5. The molecule has 1 saturated heterocycles. The second-order valence-electron chi connectivity index (χ2n) is 7.83. The monoisotopic (exact) mass is 544 g/mol. The number of benzene rings is 1. The fourth-order valence-corrected chi connectivity index (χ4v) is 2.89. The first-order valence-corrected chi connectivity index (χ1v) is 9.32. The molecule has 0 radical (unpaired) electrons.